The van der Waals surface area contributed by atoms with Crippen LogP contribution in [0.4, 0.5) is 0 Å². The lowest BCUT2D eigenvalue weighted by Gasteiger charge is -2.22. The molecule has 0 spiro atoms. The van der Waals surface area contributed by atoms with E-state index in [1.807, 2.05) is 24.3 Å². The zero-order chi connectivity index (χ0) is 13.7. The lowest BCUT2D eigenvalue weighted by atomic mass is 10.2. The molecule has 1 aliphatic rings. The van der Waals surface area contributed by atoms with Gasteiger partial charge in [0.25, 0.3) is 0 Å². The zero-order valence-corrected chi connectivity index (χ0v) is 12.9. The van der Waals surface area contributed by atoms with Gasteiger partial charge in [0.2, 0.25) is 5.91 Å². The highest BCUT2D eigenvalue weighted by Crippen LogP contribution is 2.15. The molecule has 6 heteroatoms. The number of nitrogens with one attached hydrogen (secondary N) is 1. The first-order valence-corrected chi connectivity index (χ1v) is 7.02. The van der Waals surface area contributed by atoms with Gasteiger partial charge in [-0.1, -0.05) is 23.7 Å². The first-order chi connectivity index (χ1) is 9.19. The number of carbonyl (C=O) groups excluding carboxylic acids is 1. The van der Waals surface area contributed by atoms with Crippen LogP contribution in [0.3, 0.4) is 0 Å². The first kappa shape index (κ1) is 17.2. The fraction of sp³-hybridized carbons (Fsp3) is 0.500. The molecule has 0 saturated carbocycles. The number of rotatable bonds is 5. The largest absolute Gasteiger partial charge is 0.351 e. The van der Waals surface area contributed by atoms with Crippen LogP contribution in [-0.4, -0.2) is 36.5 Å². The molecule has 4 nitrogen and oxygen atoms in total. The van der Waals surface area contributed by atoms with Gasteiger partial charge >= 0.3 is 0 Å². The van der Waals surface area contributed by atoms with Crippen molar-refractivity contribution >= 4 is 29.9 Å². The van der Waals surface area contributed by atoms with E-state index in [2.05, 4.69) is 10.2 Å². The zero-order valence-electron chi connectivity index (χ0n) is 11.3. The van der Waals surface area contributed by atoms with Crippen molar-refractivity contribution in [3.63, 3.8) is 0 Å². The number of benzene rings is 1. The van der Waals surface area contributed by atoms with Crippen LogP contribution < -0.4 is 11.1 Å². The van der Waals surface area contributed by atoms with Crippen molar-refractivity contribution in [3.8, 4) is 0 Å². The molecule has 0 radical (unpaired) electrons. The van der Waals surface area contributed by atoms with Crippen LogP contribution in [0, 0.1) is 0 Å². The summed E-state index contributed by atoms with van der Waals surface area (Å²) in [6, 6.07) is 7.85. The maximum absolute atomic E-state index is 11.9. The van der Waals surface area contributed by atoms with Crippen LogP contribution in [0.15, 0.2) is 24.3 Å². The molecule has 3 N–H and O–H groups in total. The highest BCUT2D eigenvalue weighted by molar-refractivity contribution is 6.30. The Labute approximate surface area is 131 Å². The van der Waals surface area contributed by atoms with Crippen LogP contribution in [0.5, 0.6) is 0 Å². The van der Waals surface area contributed by atoms with E-state index in [9.17, 15) is 4.79 Å². The lowest BCUT2D eigenvalue weighted by molar-refractivity contribution is -0.122. The second-order valence-electron chi connectivity index (χ2n) is 4.91. The van der Waals surface area contributed by atoms with E-state index in [0.29, 0.717) is 30.7 Å². The van der Waals surface area contributed by atoms with Gasteiger partial charge in [-0.2, -0.15) is 0 Å². The van der Waals surface area contributed by atoms with Gasteiger partial charge in [-0.25, -0.2) is 0 Å². The highest BCUT2D eigenvalue weighted by Gasteiger charge is 2.24. The molecule has 1 amide bonds. The Bertz CT molecular complexity index is 425. The van der Waals surface area contributed by atoms with Gasteiger partial charge in [0.05, 0.1) is 6.54 Å². The molecule has 1 saturated heterocycles. The summed E-state index contributed by atoms with van der Waals surface area (Å²) in [6.07, 6.45) is 2.23. The first-order valence-electron chi connectivity index (χ1n) is 6.64. The number of amides is 1. The van der Waals surface area contributed by atoms with Crippen LogP contribution in [0.1, 0.15) is 18.4 Å². The summed E-state index contributed by atoms with van der Waals surface area (Å²) in [5.74, 6) is 0.0512. The van der Waals surface area contributed by atoms with Crippen molar-refractivity contribution in [1.29, 1.82) is 0 Å². The third-order valence-electron chi connectivity index (χ3n) is 3.52. The van der Waals surface area contributed by atoms with E-state index in [4.69, 9.17) is 17.3 Å². The molecule has 1 aliphatic heterocycles. The smallest absolute Gasteiger partial charge is 0.234 e. The van der Waals surface area contributed by atoms with E-state index in [-0.39, 0.29) is 18.3 Å². The summed E-state index contributed by atoms with van der Waals surface area (Å²) >= 11 is 5.81. The van der Waals surface area contributed by atoms with Gasteiger partial charge in [-0.05, 0) is 37.1 Å². The van der Waals surface area contributed by atoms with Gasteiger partial charge < -0.3 is 11.1 Å². The number of carbonyl (C=O) groups is 1. The third kappa shape index (κ3) is 4.94. The Morgan fingerprint density at radius 1 is 1.40 bits per heavy atom. The average molecular weight is 318 g/mol. The minimum absolute atomic E-state index is 0. The molecule has 1 unspecified atom stereocenters. The molecule has 20 heavy (non-hydrogen) atoms. The predicted octanol–water partition coefficient (Wildman–Crippen LogP) is 1.80. The number of halogens is 2. The topological polar surface area (TPSA) is 58.4 Å². The van der Waals surface area contributed by atoms with Gasteiger partial charge in [0, 0.05) is 24.2 Å². The molecule has 1 aromatic carbocycles. The molecule has 1 atom stereocenters. The number of hydrogen-bond acceptors (Lipinski definition) is 3. The van der Waals surface area contributed by atoms with Gasteiger partial charge in [-0.3, -0.25) is 9.69 Å². The minimum Gasteiger partial charge on any atom is -0.351 e. The van der Waals surface area contributed by atoms with Crippen LogP contribution in [0.25, 0.3) is 0 Å². The quantitative estimate of drug-likeness (QED) is 0.870. The number of likely N-dealkylation sites (tertiary alicyclic amines) is 1. The second-order valence-corrected chi connectivity index (χ2v) is 5.34. The third-order valence-corrected chi connectivity index (χ3v) is 3.77. The van der Waals surface area contributed by atoms with E-state index in [0.717, 1.165) is 24.9 Å². The van der Waals surface area contributed by atoms with E-state index in [1.54, 1.807) is 0 Å². The molecule has 1 fully saturated rings. The molecule has 1 aromatic rings. The predicted molar refractivity (Wildman–Crippen MR) is 84.2 cm³/mol. The summed E-state index contributed by atoms with van der Waals surface area (Å²) in [5.41, 5.74) is 6.74. The molecular weight excluding hydrogens is 297 g/mol. The molecule has 1 heterocycles. The Morgan fingerprint density at radius 3 is 2.75 bits per heavy atom. The lowest BCUT2D eigenvalue weighted by Crippen LogP contribution is -2.42. The number of hydrogen-bond donors (Lipinski definition) is 2. The maximum atomic E-state index is 11.9. The number of nitrogens with zero attached hydrogens (tertiary/aromatic N) is 1. The van der Waals surface area contributed by atoms with Crippen molar-refractivity contribution in [2.45, 2.75) is 25.4 Å². The molecule has 2 rings (SSSR count). The fourth-order valence-electron chi connectivity index (χ4n) is 2.41. The van der Waals surface area contributed by atoms with Crippen molar-refractivity contribution in [2.24, 2.45) is 5.73 Å². The number of nitrogens with two attached hydrogens (primary N) is 1. The van der Waals surface area contributed by atoms with Crippen LogP contribution in [0.2, 0.25) is 5.02 Å². The van der Waals surface area contributed by atoms with E-state index < -0.39 is 0 Å². The normalized spacial score (nSPS) is 18.6. The maximum Gasteiger partial charge on any atom is 0.234 e. The Balaban J connectivity index is 0.00000200. The van der Waals surface area contributed by atoms with Gasteiger partial charge in [0.1, 0.15) is 0 Å². The summed E-state index contributed by atoms with van der Waals surface area (Å²) < 4.78 is 0. The fourth-order valence-corrected chi connectivity index (χ4v) is 2.54. The van der Waals surface area contributed by atoms with Crippen molar-refractivity contribution in [1.82, 2.24) is 10.2 Å². The highest BCUT2D eigenvalue weighted by atomic mass is 35.5. The van der Waals surface area contributed by atoms with Crippen LogP contribution >= 0.6 is 24.0 Å². The van der Waals surface area contributed by atoms with Crippen molar-refractivity contribution in [3.05, 3.63) is 34.9 Å². The van der Waals surface area contributed by atoms with Crippen molar-refractivity contribution < 1.29 is 4.79 Å². The SMILES string of the molecule is Cl.NCC1CCCN1CC(=O)NCc1ccc(Cl)cc1. The Morgan fingerprint density at radius 2 is 2.10 bits per heavy atom. The van der Waals surface area contributed by atoms with E-state index in [1.165, 1.54) is 0 Å². The molecule has 0 aliphatic carbocycles. The second kappa shape index (κ2) is 8.47. The molecule has 0 aromatic heterocycles. The molecule has 0 bridgehead atoms. The van der Waals surface area contributed by atoms with Crippen molar-refractivity contribution in [2.75, 3.05) is 19.6 Å². The average Bonchev–Trinajstić information content (AvgIpc) is 2.85. The van der Waals surface area contributed by atoms with Gasteiger partial charge in [-0.15, -0.1) is 12.4 Å². The molecule has 112 valence electrons. The Hall–Kier alpha value is -0.810. The summed E-state index contributed by atoms with van der Waals surface area (Å²) in [5, 5.41) is 3.63. The summed E-state index contributed by atoms with van der Waals surface area (Å²) in [7, 11) is 0. The summed E-state index contributed by atoms with van der Waals surface area (Å²) in [4.78, 5) is 14.0. The van der Waals surface area contributed by atoms with Crippen LogP contribution in [-0.2, 0) is 11.3 Å². The monoisotopic (exact) mass is 317 g/mol. The summed E-state index contributed by atoms with van der Waals surface area (Å²) in [6.45, 7) is 2.58. The molecular formula is C14H21Cl2N3O. The minimum atomic E-state index is 0. The van der Waals surface area contributed by atoms with Gasteiger partial charge in [0.15, 0.2) is 0 Å². The van der Waals surface area contributed by atoms with E-state index >= 15 is 0 Å². The Kier molecular flexibility index (Phi) is 7.30. The standard InChI is InChI=1S/C14H20ClN3O.ClH/c15-12-5-3-11(4-6-12)9-17-14(19)10-18-7-1-2-13(18)8-16;/h3-6,13H,1-2,7-10,16H2,(H,17,19);1H.